The van der Waals surface area contributed by atoms with Gasteiger partial charge in [-0.2, -0.15) is 5.26 Å². The van der Waals surface area contributed by atoms with Crippen molar-refractivity contribution in [2.24, 2.45) is 0 Å². The van der Waals surface area contributed by atoms with E-state index in [-0.39, 0.29) is 0 Å². The predicted molar refractivity (Wildman–Crippen MR) is 75.0 cm³/mol. The number of benzene rings is 1. The average Bonchev–Trinajstić information content (AvgIpc) is 2.29. The van der Waals surface area contributed by atoms with Crippen LogP contribution < -0.4 is 4.74 Å². The maximum atomic E-state index is 9.68. The van der Waals surface area contributed by atoms with Gasteiger partial charge in [0.25, 0.3) is 0 Å². The SMILES string of the molecule is CN(CCOc1ccc(CC#N)cc1)CC(C)(C)O. The van der Waals surface area contributed by atoms with Crippen molar-refractivity contribution in [3.63, 3.8) is 0 Å². The van der Waals surface area contributed by atoms with E-state index < -0.39 is 5.60 Å². The van der Waals surface area contributed by atoms with Crippen molar-refractivity contribution in [1.29, 1.82) is 5.26 Å². The van der Waals surface area contributed by atoms with Gasteiger partial charge in [-0.15, -0.1) is 0 Å². The molecule has 104 valence electrons. The molecule has 0 fully saturated rings. The molecule has 0 aliphatic carbocycles. The van der Waals surface area contributed by atoms with E-state index in [0.29, 0.717) is 19.6 Å². The van der Waals surface area contributed by atoms with E-state index in [4.69, 9.17) is 10.00 Å². The van der Waals surface area contributed by atoms with Crippen LogP contribution in [-0.4, -0.2) is 42.4 Å². The Hall–Kier alpha value is -1.57. The summed E-state index contributed by atoms with van der Waals surface area (Å²) in [5, 5.41) is 18.3. The second-order valence-corrected chi connectivity index (χ2v) is 5.38. The molecule has 4 heteroatoms. The monoisotopic (exact) mass is 262 g/mol. The van der Waals surface area contributed by atoms with Gasteiger partial charge < -0.3 is 14.7 Å². The molecule has 0 spiro atoms. The van der Waals surface area contributed by atoms with E-state index in [0.717, 1.165) is 17.9 Å². The molecule has 1 rings (SSSR count). The molecule has 0 saturated carbocycles. The summed E-state index contributed by atoms with van der Waals surface area (Å²) in [5.74, 6) is 0.804. The quantitative estimate of drug-likeness (QED) is 0.814. The summed E-state index contributed by atoms with van der Waals surface area (Å²) in [4.78, 5) is 2.03. The number of nitriles is 1. The van der Waals surface area contributed by atoms with Gasteiger partial charge in [-0.05, 0) is 38.6 Å². The molecule has 1 N–H and O–H groups in total. The van der Waals surface area contributed by atoms with Gasteiger partial charge in [-0.25, -0.2) is 0 Å². The number of likely N-dealkylation sites (N-methyl/N-ethyl adjacent to an activating group) is 1. The van der Waals surface area contributed by atoms with Crippen LogP contribution in [0.5, 0.6) is 5.75 Å². The Balaban J connectivity index is 2.31. The first-order valence-corrected chi connectivity index (χ1v) is 6.40. The molecule has 0 unspecified atom stereocenters. The number of nitrogens with zero attached hydrogens (tertiary/aromatic N) is 2. The largest absolute Gasteiger partial charge is 0.492 e. The molecule has 4 nitrogen and oxygen atoms in total. The van der Waals surface area contributed by atoms with Gasteiger partial charge in [0.05, 0.1) is 18.1 Å². The summed E-state index contributed by atoms with van der Waals surface area (Å²) in [6.07, 6.45) is 0.425. The minimum Gasteiger partial charge on any atom is -0.492 e. The van der Waals surface area contributed by atoms with Gasteiger partial charge in [-0.1, -0.05) is 12.1 Å². The second kappa shape index (κ2) is 7.13. The van der Waals surface area contributed by atoms with Crippen LogP contribution >= 0.6 is 0 Å². The molecule has 0 amide bonds. The van der Waals surface area contributed by atoms with Gasteiger partial charge in [0.2, 0.25) is 0 Å². The van der Waals surface area contributed by atoms with Crippen molar-refractivity contribution in [2.45, 2.75) is 25.9 Å². The molecule has 19 heavy (non-hydrogen) atoms. The van der Waals surface area contributed by atoms with Crippen LogP contribution in [0, 0.1) is 11.3 Å². The third-order valence-electron chi connectivity index (χ3n) is 2.61. The highest BCUT2D eigenvalue weighted by Crippen LogP contribution is 2.12. The van der Waals surface area contributed by atoms with Crippen molar-refractivity contribution in [2.75, 3.05) is 26.7 Å². The first-order chi connectivity index (χ1) is 8.90. The minimum absolute atomic E-state index is 0.425. The van der Waals surface area contributed by atoms with Crippen LogP contribution in [0.25, 0.3) is 0 Å². The van der Waals surface area contributed by atoms with Crippen LogP contribution in [0.1, 0.15) is 19.4 Å². The van der Waals surface area contributed by atoms with Gasteiger partial charge in [0, 0.05) is 13.1 Å². The number of ether oxygens (including phenoxy) is 1. The van der Waals surface area contributed by atoms with Crippen molar-refractivity contribution >= 4 is 0 Å². The van der Waals surface area contributed by atoms with Gasteiger partial charge in [0.15, 0.2) is 0 Å². The highest BCUT2D eigenvalue weighted by Gasteiger charge is 2.15. The van der Waals surface area contributed by atoms with Crippen LogP contribution in [-0.2, 0) is 6.42 Å². The maximum Gasteiger partial charge on any atom is 0.119 e. The third-order valence-corrected chi connectivity index (χ3v) is 2.61. The Morgan fingerprint density at radius 3 is 2.47 bits per heavy atom. The minimum atomic E-state index is -0.687. The van der Waals surface area contributed by atoms with Crippen molar-refractivity contribution in [3.8, 4) is 11.8 Å². The van der Waals surface area contributed by atoms with Crippen molar-refractivity contribution in [1.82, 2.24) is 4.90 Å². The molecule has 1 aromatic rings. The third kappa shape index (κ3) is 6.80. The van der Waals surface area contributed by atoms with Crippen LogP contribution in [0.4, 0.5) is 0 Å². The molecule has 0 aliphatic heterocycles. The lowest BCUT2D eigenvalue weighted by Gasteiger charge is -2.25. The van der Waals surface area contributed by atoms with Crippen LogP contribution in [0.2, 0.25) is 0 Å². The van der Waals surface area contributed by atoms with Gasteiger partial charge in [-0.3, -0.25) is 0 Å². The molecule has 0 bridgehead atoms. The van der Waals surface area contributed by atoms with E-state index in [1.165, 1.54) is 0 Å². The molecule has 0 saturated heterocycles. The van der Waals surface area contributed by atoms with E-state index in [1.54, 1.807) is 13.8 Å². The summed E-state index contributed by atoms with van der Waals surface area (Å²) >= 11 is 0. The Labute approximate surface area is 115 Å². The molecule has 0 aromatic heterocycles. The number of rotatable bonds is 7. The van der Waals surface area contributed by atoms with Gasteiger partial charge in [0.1, 0.15) is 12.4 Å². The molecule has 0 heterocycles. The number of aliphatic hydroxyl groups is 1. The zero-order chi connectivity index (χ0) is 14.3. The van der Waals surface area contributed by atoms with Crippen LogP contribution in [0.3, 0.4) is 0 Å². The first-order valence-electron chi connectivity index (χ1n) is 6.40. The average molecular weight is 262 g/mol. The fourth-order valence-electron chi connectivity index (χ4n) is 1.85. The highest BCUT2D eigenvalue weighted by atomic mass is 16.5. The summed E-state index contributed by atoms with van der Waals surface area (Å²) < 4.78 is 5.62. The van der Waals surface area contributed by atoms with E-state index in [9.17, 15) is 5.11 Å². The Morgan fingerprint density at radius 2 is 1.95 bits per heavy atom. The lowest BCUT2D eigenvalue weighted by Crippen LogP contribution is -2.38. The second-order valence-electron chi connectivity index (χ2n) is 5.38. The Morgan fingerprint density at radius 1 is 1.32 bits per heavy atom. The van der Waals surface area contributed by atoms with Crippen LogP contribution in [0.15, 0.2) is 24.3 Å². The predicted octanol–water partition coefficient (Wildman–Crippen LogP) is 1.83. The fraction of sp³-hybridized carbons (Fsp3) is 0.533. The Kier molecular flexibility index (Phi) is 5.81. The van der Waals surface area contributed by atoms with E-state index >= 15 is 0 Å². The molecule has 0 radical (unpaired) electrons. The van der Waals surface area contributed by atoms with Gasteiger partial charge >= 0.3 is 0 Å². The molecule has 0 aliphatic rings. The fourth-order valence-corrected chi connectivity index (χ4v) is 1.85. The highest BCUT2D eigenvalue weighted by molar-refractivity contribution is 5.28. The van der Waals surface area contributed by atoms with Crippen molar-refractivity contribution in [3.05, 3.63) is 29.8 Å². The molecular formula is C15H22N2O2. The van der Waals surface area contributed by atoms with E-state index in [1.807, 2.05) is 36.2 Å². The smallest absolute Gasteiger partial charge is 0.119 e. The van der Waals surface area contributed by atoms with E-state index in [2.05, 4.69) is 6.07 Å². The summed E-state index contributed by atoms with van der Waals surface area (Å²) in [5.41, 5.74) is 0.308. The normalized spacial score (nSPS) is 11.4. The Bertz CT molecular complexity index is 415. The number of hydrogen-bond acceptors (Lipinski definition) is 4. The molecule has 0 atom stereocenters. The standard InChI is InChI=1S/C15H22N2O2/c1-15(2,18)12-17(3)10-11-19-14-6-4-13(5-7-14)8-9-16/h4-7,18H,8,10-12H2,1-3H3. The topological polar surface area (TPSA) is 56.5 Å². The molecule has 1 aromatic carbocycles. The van der Waals surface area contributed by atoms with Crippen molar-refractivity contribution < 1.29 is 9.84 Å². The zero-order valence-corrected chi connectivity index (χ0v) is 11.9. The lowest BCUT2D eigenvalue weighted by molar-refractivity contribution is 0.0411. The summed E-state index contributed by atoms with van der Waals surface area (Å²) in [7, 11) is 1.96. The summed E-state index contributed by atoms with van der Waals surface area (Å²) in [6.45, 7) is 5.52. The molecular weight excluding hydrogens is 240 g/mol. The summed E-state index contributed by atoms with van der Waals surface area (Å²) in [6, 6.07) is 9.67. The zero-order valence-electron chi connectivity index (χ0n) is 11.9. The first kappa shape index (κ1) is 15.5. The lowest BCUT2D eigenvalue weighted by atomic mass is 10.1. The maximum absolute atomic E-state index is 9.68. The number of hydrogen-bond donors (Lipinski definition) is 1.